The SMILES string of the molecule is COc1cc(/C=C2\SC(=S)N(CCCCCC(=O)O)C2=O)cc(Br)c1OCc1ccccc1C. The van der Waals surface area contributed by atoms with Crippen molar-refractivity contribution in [2.45, 2.75) is 39.2 Å². The van der Waals surface area contributed by atoms with E-state index in [9.17, 15) is 9.59 Å². The van der Waals surface area contributed by atoms with E-state index >= 15 is 0 Å². The zero-order valence-corrected chi connectivity index (χ0v) is 22.2. The van der Waals surface area contributed by atoms with Crippen LogP contribution < -0.4 is 9.47 Å². The van der Waals surface area contributed by atoms with Crippen molar-refractivity contribution in [3.8, 4) is 11.5 Å². The molecule has 2 aromatic carbocycles. The summed E-state index contributed by atoms with van der Waals surface area (Å²) in [4.78, 5) is 25.6. The number of carbonyl (C=O) groups excluding carboxylic acids is 1. The average molecular weight is 565 g/mol. The number of halogens is 1. The molecule has 6 nitrogen and oxygen atoms in total. The zero-order chi connectivity index (χ0) is 24.7. The van der Waals surface area contributed by atoms with Crippen LogP contribution in [0, 0.1) is 6.92 Å². The number of carboxylic acid groups (broad SMARTS) is 1. The molecular formula is C25H26BrNO5S2. The lowest BCUT2D eigenvalue weighted by Crippen LogP contribution is -2.29. The first kappa shape index (κ1) is 26.2. The van der Waals surface area contributed by atoms with Gasteiger partial charge in [-0.15, -0.1) is 0 Å². The molecule has 1 heterocycles. The molecule has 0 atom stereocenters. The predicted octanol–water partition coefficient (Wildman–Crippen LogP) is 6.19. The van der Waals surface area contributed by atoms with E-state index < -0.39 is 5.97 Å². The number of unbranched alkanes of at least 4 members (excludes halogenated alkanes) is 2. The number of aryl methyl sites for hydroxylation is 1. The molecule has 1 saturated heterocycles. The van der Waals surface area contributed by atoms with Crippen molar-refractivity contribution in [1.29, 1.82) is 0 Å². The quantitative estimate of drug-likeness (QED) is 0.198. The Labute approximate surface area is 217 Å². The lowest BCUT2D eigenvalue weighted by molar-refractivity contribution is -0.137. The van der Waals surface area contributed by atoms with Crippen LogP contribution in [0.25, 0.3) is 6.08 Å². The molecule has 0 aliphatic carbocycles. The number of aliphatic carboxylic acids is 1. The summed E-state index contributed by atoms with van der Waals surface area (Å²) in [5.41, 5.74) is 3.03. The Morgan fingerprint density at radius 2 is 2.00 bits per heavy atom. The number of thioether (sulfide) groups is 1. The minimum Gasteiger partial charge on any atom is -0.493 e. The third-order valence-electron chi connectivity index (χ3n) is 5.33. The topological polar surface area (TPSA) is 76.1 Å². The highest BCUT2D eigenvalue weighted by atomic mass is 79.9. The minimum atomic E-state index is -0.804. The number of benzene rings is 2. The Morgan fingerprint density at radius 1 is 1.24 bits per heavy atom. The number of carboxylic acids is 1. The Kier molecular flexibility index (Phi) is 9.55. The van der Waals surface area contributed by atoms with E-state index in [1.54, 1.807) is 18.1 Å². The molecule has 1 aliphatic heterocycles. The van der Waals surface area contributed by atoms with Crippen molar-refractivity contribution >= 4 is 62.2 Å². The Morgan fingerprint density at radius 3 is 2.71 bits per heavy atom. The van der Waals surface area contributed by atoms with Crippen molar-refractivity contribution in [1.82, 2.24) is 4.90 Å². The second kappa shape index (κ2) is 12.4. The fourth-order valence-electron chi connectivity index (χ4n) is 3.45. The summed E-state index contributed by atoms with van der Waals surface area (Å²) in [6.45, 7) is 2.94. The summed E-state index contributed by atoms with van der Waals surface area (Å²) in [7, 11) is 1.58. The number of carbonyl (C=O) groups is 2. The van der Waals surface area contributed by atoms with E-state index in [-0.39, 0.29) is 12.3 Å². The van der Waals surface area contributed by atoms with Gasteiger partial charge in [0, 0.05) is 13.0 Å². The predicted molar refractivity (Wildman–Crippen MR) is 142 cm³/mol. The van der Waals surface area contributed by atoms with Gasteiger partial charge >= 0.3 is 5.97 Å². The molecule has 1 N–H and O–H groups in total. The van der Waals surface area contributed by atoms with Gasteiger partial charge in [-0.1, -0.05) is 54.7 Å². The zero-order valence-electron chi connectivity index (χ0n) is 19.0. The lowest BCUT2D eigenvalue weighted by Gasteiger charge is -2.15. The molecule has 1 aliphatic rings. The Hall–Kier alpha value is -2.36. The molecule has 3 rings (SSSR count). The second-order valence-electron chi connectivity index (χ2n) is 7.79. The molecule has 9 heteroatoms. The summed E-state index contributed by atoms with van der Waals surface area (Å²) in [6.07, 6.45) is 3.96. The highest BCUT2D eigenvalue weighted by molar-refractivity contribution is 9.10. The molecule has 0 bridgehead atoms. The number of thiocarbonyl (C=S) groups is 1. The lowest BCUT2D eigenvalue weighted by atomic mass is 10.1. The van der Waals surface area contributed by atoms with Gasteiger partial charge < -0.3 is 14.6 Å². The Bertz CT molecular complexity index is 1120. The first-order chi connectivity index (χ1) is 16.3. The van der Waals surface area contributed by atoms with E-state index in [0.717, 1.165) is 27.6 Å². The van der Waals surface area contributed by atoms with Gasteiger partial charge in [0.15, 0.2) is 11.5 Å². The number of nitrogens with zero attached hydrogens (tertiary/aromatic N) is 1. The van der Waals surface area contributed by atoms with E-state index in [1.165, 1.54) is 11.8 Å². The Balaban J connectivity index is 1.69. The van der Waals surface area contributed by atoms with Crippen molar-refractivity contribution < 1.29 is 24.2 Å². The van der Waals surface area contributed by atoms with Gasteiger partial charge in [-0.05, 0) is 70.6 Å². The van der Waals surface area contributed by atoms with Crippen molar-refractivity contribution in [2.75, 3.05) is 13.7 Å². The number of methoxy groups -OCH3 is 1. The number of hydrogen-bond donors (Lipinski definition) is 1. The van der Waals surface area contributed by atoms with Crippen LogP contribution >= 0.6 is 39.9 Å². The first-order valence-corrected chi connectivity index (χ1v) is 12.8. The van der Waals surface area contributed by atoms with Gasteiger partial charge in [0.2, 0.25) is 0 Å². The van der Waals surface area contributed by atoms with Crippen molar-refractivity contribution in [3.05, 3.63) is 62.5 Å². The van der Waals surface area contributed by atoms with Crippen LogP contribution in [0.1, 0.15) is 42.4 Å². The molecule has 34 heavy (non-hydrogen) atoms. The fourth-order valence-corrected chi connectivity index (χ4v) is 5.33. The maximum Gasteiger partial charge on any atom is 0.303 e. The van der Waals surface area contributed by atoms with Gasteiger partial charge in [0.25, 0.3) is 5.91 Å². The van der Waals surface area contributed by atoms with Crippen molar-refractivity contribution in [2.24, 2.45) is 0 Å². The van der Waals surface area contributed by atoms with Crippen LogP contribution in [-0.2, 0) is 16.2 Å². The van der Waals surface area contributed by atoms with E-state index in [2.05, 4.69) is 15.9 Å². The normalized spacial score (nSPS) is 14.7. The van der Waals surface area contributed by atoms with Crippen LogP contribution in [0.3, 0.4) is 0 Å². The van der Waals surface area contributed by atoms with Gasteiger partial charge in [0.1, 0.15) is 10.9 Å². The van der Waals surface area contributed by atoms with Crippen molar-refractivity contribution in [3.63, 3.8) is 0 Å². The second-order valence-corrected chi connectivity index (χ2v) is 10.3. The van der Waals surface area contributed by atoms with E-state index in [0.29, 0.717) is 46.7 Å². The molecule has 0 unspecified atom stereocenters. The van der Waals surface area contributed by atoms with Crippen LogP contribution in [0.5, 0.6) is 11.5 Å². The van der Waals surface area contributed by atoms with E-state index in [1.807, 2.05) is 43.3 Å². The molecule has 0 radical (unpaired) electrons. The van der Waals surface area contributed by atoms with Crippen LogP contribution in [0.4, 0.5) is 0 Å². The first-order valence-electron chi connectivity index (χ1n) is 10.8. The number of ether oxygens (including phenoxy) is 2. The molecule has 1 fully saturated rings. The molecular weight excluding hydrogens is 538 g/mol. The fraction of sp³-hybridized carbons (Fsp3) is 0.320. The third kappa shape index (κ3) is 6.84. The van der Waals surface area contributed by atoms with Crippen LogP contribution in [0.2, 0.25) is 0 Å². The largest absolute Gasteiger partial charge is 0.493 e. The number of rotatable bonds is 11. The molecule has 0 saturated carbocycles. The highest BCUT2D eigenvalue weighted by Crippen LogP contribution is 2.39. The summed E-state index contributed by atoms with van der Waals surface area (Å²) >= 11 is 10.2. The van der Waals surface area contributed by atoms with Gasteiger partial charge in [-0.2, -0.15) is 0 Å². The molecule has 0 aromatic heterocycles. The monoisotopic (exact) mass is 563 g/mol. The summed E-state index contributed by atoms with van der Waals surface area (Å²) in [6, 6.07) is 11.8. The maximum atomic E-state index is 12.9. The highest BCUT2D eigenvalue weighted by Gasteiger charge is 2.31. The maximum absolute atomic E-state index is 12.9. The van der Waals surface area contributed by atoms with E-state index in [4.69, 9.17) is 26.8 Å². The van der Waals surface area contributed by atoms with Crippen LogP contribution in [0.15, 0.2) is 45.8 Å². The van der Waals surface area contributed by atoms with Crippen LogP contribution in [-0.4, -0.2) is 39.9 Å². The smallest absolute Gasteiger partial charge is 0.303 e. The number of hydrogen-bond acceptors (Lipinski definition) is 6. The number of amides is 1. The summed E-state index contributed by atoms with van der Waals surface area (Å²) in [5, 5.41) is 8.73. The standard InChI is InChI=1S/C25H26BrNO5S2/c1-16-8-5-6-9-18(16)15-32-23-19(26)12-17(13-20(23)31-2)14-21-24(30)27(25(33)34-21)11-7-3-4-10-22(28)29/h5-6,8-9,12-14H,3-4,7,10-11,15H2,1-2H3,(H,28,29)/b21-14-. The van der Waals surface area contributed by atoms with Gasteiger partial charge in [-0.3, -0.25) is 14.5 Å². The third-order valence-corrected chi connectivity index (χ3v) is 7.30. The molecule has 2 aromatic rings. The van der Waals surface area contributed by atoms with Gasteiger partial charge in [-0.25, -0.2) is 0 Å². The summed E-state index contributed by atoms with van der Waals surface area (Å²) < 4.78 is 12.8. The molecule has 180 valence electrons. The molecule has 1 amide bonds. The molecule has 0 spiro atoms. The van der Waals surface area contributed by atoms with Gasteiger partial charge in [0.05, 0.1) is 16.5 Å². The average Bonchev–Trinajstić information content (AvgIpc) is 3.05. The summed E-state index contributed by atoms with van der Waals surface area (Å²) in [5.74, 6) is 0.213. The minimum absolute atomic E-state index is 0.136.